The fraction of sp³-hybridized carbons (Fsp3) is 0.183. The monoisotopic (exact) mass is 1120 g/mol. The van der Waals surface area contributed by atoms with E-state index in [0.717, 1.165) is 82.8 Å². The Hall–Kier alpha value is -6.55. The first kappa shape index (κ1) is 54.2. The smallest absolute Gasteiger partial charge is 1.00 e. The Morgan fingerprint density at radius 3 is 1.87 bits per heavy atom. The first-order chi connectivity index (χ1) is 36.3. The van der Waals surface area contributed by atoms with Crippen LogP contribution >= 0.6 is 39.1 Å². The topological polar surface area (TPSA) is 151 Å². The van der Waals surface area contributed by atoms with Gasteiger partial charge in [0, 0.05) is 59.3 Å². The number of rotatable bonds is 7. The van der Waals surface area contributed by atoms with Crippen LogP contribution in [-0.4, -0.2) is 68.6 Å². The predicted molar refractivity (Wildman–Crippen MR) is 311 cm³/mol. The molecule has 10 aromatic rings. The molecular formula is C60H54BrCl2N8NaO4. The number of aryl methyl sites for hydroxylation is 1. The van der Waals surface area contributed by atoms with E-state index in [2.05, 4.69) is 96.9 Å². The van der Waals surface area contributed by atoms with Gasteiger partial charge >= 0.3 is 40.9 Å². The first-order valence-corrected chi connectivity index (χ1v) is 26.6. The van der Waals surface area contributed by atoms with Gasteiger partial charge < -0.3 is 26.2 Å². The molecule has 2 aliphatic heterocycles. The van der Waals surface area contributed by atoms with Crippen molar-refractivity contribution in [2.24, 2.45) is 4.99 Å². The molecule has 16 heteroatoms. The van der Waals surface area contributed by atoms with E-state index in [4.69, 9.17) is 28.2 Å². The number of carbonyl (C=O) groups excluding carboxylic acids is 2. The molecule has 8 aromatic carbocycles. The zero-order valence-corrected chi connectivity index (χ0v) is 47.7. The van der Waals surface area contributed by atoms with E-state index in [1.54, 1.807) is 40.6 Å². The van der Waals surface area contributed by atoms with Gasteiger partial charge in [-0.15, -0.1) is 0 Å². The Morgan fingerprint density at radius 1 is 0.605 bits per heavy atom. The number of halogens is 3. The van der Waals surface area contributed by atoms with Gasteiger partial charge in [0.25, 0.3) is 5.91 Å². The van der Waals surface area contributed by atoms with E-state index in [9.17, 15) is 19.2 Å². The third-order valence-electron chi connectivity index (χ3n) is 13.9. The van der Waals surface area contributed by atoms with E-state index in [1.165, 1.54) is 5.39 Å². The van der Waals surface area contributed by atoms with Crippen LogP contribution in [0.2, 0.25) is 10.0 Å². The Balaban J connectivity index is 0.000000189. The normalized spacial score (nSPS) is 16.2. The summed E-state index contributed by atoms with van der Waals surface area (Å²) in [7, 11) is 3.59. The molecule has 0 saturated carbocycles. The molecule has 0 spiro atoms. The second-order valence-electron chi connectivity index (χ2n) is 18.6. The van der Waals surface area contributed by atoms with Gasteiger partial charge in [-0.1, -0.05) is 143 Å². The van der Waals surface area contributed by atoms with Gasteiger partial charge in [0.1, 0.15) is 6.04 Å². The third kappa shape index (κ3) is 11.1. The third-order valence-corrected chi connectivity index (χ3v) is 14.3. The number of benzodiazepines with no additional fused rings is 1. The quantitative estimate of drug-likeness (QED) is 0.0928. The number of carbonyl (C=O) groups is 2. The van der Waals surface area contributed by atoms with Crippen LogP contribution < -0.4 is 56.1 Å². The van der Waals surface area contributed by atoms with E-state index in [0.29, 0.717) is 40.7 Å². The number of likely N-dealkylation sites (N-methyl/N-ethyl adjacent to an activating group) is 2. The fourth-order valence-electron chi connectivity index (χ4n) is 10.2. The molecule has 2 amide bonds. The standard InChI is InChI=1S/C30H25ClN4O2.C28H23ClN4O2.C2H5Br.Na.H/c1-3-35-27-16-21(10-12-24(27)33-30(35)37)28-23-17-22(31)11-13-26(23)34(2)29(36)25(32-28)15-18-8-9-19-6-4-5-7-20(19)14-18;1-33-25-11-9-20(29)15-21(25)26(19-8-10-22-23(14-19)32-28(35)31-22)30-24(27(33)34)13-16-6-7-17-4-2-3-5-18(17)12-16;1-2-3;;/h4-14,16-17,25H,3,15H2,1-2H3,(H,33,37);2-12,14-15,24,26,30H,13H2,1H3,(H2,31,32,35);2H2,1H3;;/q;;;+1;-1. The first-order valence-electron chi connectivity index (χ1n) is 24.7. The fourth-order valence-corrected chi connectivity index (χ4v) is 10.6. The van der Waals surface area contributed by atoms with E-state index in [1.807, 2.05) is 98.8 Å². The number of nitrogens with one attached hydrogen (secondary N) is 4. The number of aromatic nitrogens is 4. The number of nitrogens with zero attached hydrogens (tertiary/aromatic N) is 4. The molecule has 0 aliphatic carbocycles. The maximum Gasteiger partial charge on any atom is 1.00 e. The summed E-state index contributed by atoms with van der Waals surface area (Å²) in [6, 6.07) is 50.3. The summed E-state index contributed by atoms with van der Waals surface area (Å²) >= 11 is 16.0. The number of benzene rings is 8. The molecule has 3 atom stereocenters. The van der Waals surface area contributed by atoms with Crippen molar-refractivity contribution in [3.63, 3.8) is 0 Å². The molecule has 0 saturated heterocycles. The van der Waals surface area contributed by atoms with Crippen molar-refractivity contribution in [2.45, 2.75) is 51.4 Å². The molecule has 2 aliphatic rings. The molecule has 0 fully saturated rings. The minimum atomic E-state index is -0.623. The van der Waals surface area contributed by atoms with Crippen LogP contribution in [0.4, 0.5) is 11.4 Å². The molecular weight excluding hydrogens is 1070 g/mol. The van der Waals surface area contributed by atoms with Crippen molar-refractivity contribution in [3.05, 3.63) is 222 Å². The summed E-state index contributed by atoms with van der Waals surface area (Å²) in [6.45, 7) is 4.52. The molecule has 380 valence electrons. The summed E-state index contributed by atoms with van der Waals surface area (Å²) in [5.74, 6) is -0.0970. The number of aromatic amines is 3. The van der Waals surface area contributed by atoms with Crippen LogP contribution in [-0.2, 0) is 29.0 Å². The van der Waals surface area contributed by atoms with Gasteiger partial charge in [0.15, 0.2) is 0 Å². The van der Waals surface area contributed by atoms with Gasteiger partial charge in [-0.05, 0) is 118 Å². The number of imidazole rings is 2. The molecule has 12 nitrogen and oxygen atoms in total. The summed E-state index contributed by atoms with van der Waals surface area (Å²) in [6.07, 6.45) is 1.00. The number of aliphatic imine (C=N–C) groups is 1. The predicted octanol–water partition coefficient (Wildman–Crippen LogP) is 9.03. The number of anilines is 2. The van der Waals surface area contributed by atoms with Crippen molar-refractivity contribution in [2.75, 3.05) is 29.2 Å². The van der Waals surface area contributed by atoms with Crippen LogP contribution in [0.5, 0.6) is 0 Å². The molecule has 0 radical (unpaired) electrons. The second-order valence-corrected chi connectivity index (χ2v) is 20.6. The van der Waals surface area contributed by atoms with Gasteiger partial charge in [-0.2, -0.15) is 0 Å². The summed E-state index contributed by atoms with van der Waals surface area (Å²) in [5, 5.41) is 10.4. The Labute approximate surface area is 481 Å². The van der Waals surface area contributed by atoms with Crippen LogP contribution in [0.3, 0.4) is 0 Å². The van der Waals surface area contributed by atoms with Gasteiger partial charge in [-0.25, -0.2) is 9.59 Å². The molecule has 3 unspecified atom stereocenters. The number of fused-ring (bicyclic) bond motifs is 6. The van der Waals surface area contributed by atoms with Gasteiger partial charge in [0.05, 0.1) is 45.5 Å². The van der Waals surface area contributed by atoms with Crippen LogP contribution in [0.25, 0.3) is 43.6 Å². The number of amides is 2. The SMILES string of the molecule is CCBr.CCn1c(=O)[nH]c2ccc(C3=NC(Cc4ccc5ccccc5c4)C(=O)N(C)c4ccc(Cl)cc43)cc21.CN1C(=O)C(Cc2ccc3ccccc3c2)NC(c2ccc3[nH]c(=O)[nH]c3c2)c2cc(Cl)ccc21.[H-].[Na+]. The maximum atomic E-state index is 13.7. The van der Waals surface area contributed by atoms with Crippen LogP contribution in [0, 0.1) is 0 Å². The van der Waals surface area contributed by atoms with Crippen molar-refractivity contribution >= 4 is 112 Å². The minimum absolute atomic E-state index is 0. The zero-order chi connectivity index (χ0) is 52.5. The Bertz CT molecular complexity index is 3990. The van der Waals surface area contributed by atoms with Gasteiger partial charge in [0.2, 0.25) is 5.91 Å². The Morgan fingerprint density at radius 2 is 1.20 bits per heavy atom. The molecule has 0 bridgehead atoms. The van der Waals surface area contributed by atoms with Crippen molar-refractivity contribution < 1.29 is 40.6 Å². The van der Waals surface area contributed by atoms with E-state index in [-0.39, 0.29) is 60.2 Å². The molecule has 12 rings (SSSR count). The maximum absolute atomic E-state index is 13.7. The van der Waals surface area contributed by atoms with Crippen molar-refractivity contribution in [1.82, 2.24) is 24.8 Å². The molecule has 76 heavy (non-hydrogen) atoms. The van der Waals surface area contributed by atoms with Crippen LogP contribution in [0.15, 0.2) is 172 Å². The van der Waals surface area contributed by atoms with Crippen molar-refractivity contribution in [3.8, 4) is 0 Å². The molecule has 2 aromatic heterocycles. The van der Waals surface area contributed by atoms with Crippen LogP contribution in [0.1, 0.15) is 54.7 Å². The largest absolute Gasteiger partial charge is 1.00 e. The summed E-state index contributed by atoms with van der Waals surface area (Å²) < 4.78 is 1.69. The van der Waals surface area contributed by atoms with E-state index < -0.39 is 12.1 Å². The van der Waals surface area contributed by atoms with Gasteiger partial charge in [-0.3, -0.25) is 24.5 Å². The zero-order valence-electron chi connectivity index (χ0n) is 43.6. The average molecular weight is 1120 g/mol. The summed E-state index contributed by atoms with van der Waals surface area (Å²) in [5.41, 5.74) is 10.4. The Kier molecular flexibility index (Phi) is 16.7. The average Bonchev–Trinajstić information content (AvgIpc) is 3.91. The second kappa shape index (κ2) is 23.4. The number of hydrogen-bond donors (Lipinski definition) is 4. The van der Waals surface area contributed by atoms with E-state index >= 15 is 0 Å². The number of H-pyrrole nitrogens is 3. The van der Waals surface area contributed by atoms with Crippen molar-refractivity contribution in [1.29, 1.82) is 0 Å². The molecule has 4 N–H and O–H groups in total. The number of hydrogen-bond acceptors (Lipinski definition) is 6. The molecule has 4 heterocycles. The number of alkyl halides is 1. The minimum Gasteiger partial charge on any atom is -1.00 e. The summed E-state index contributed by atoms with van der Waals surface area (Å²) in [4.78, 5) is 68.5.